The number of carbonyl (C=O) groups is 1. The maximum Gasteiger partial charge on any atom is 0.411 e. The van der Waals surface area contributed by atoms with Gasteiger partial charge in [-0.25, -0.2) is 0 Å². The smallest absolute Gasteiger partial charge is 0.381 e. The summed E-state index contributed by atoms with van der Waals surface area (Å²) in [7, 11) is 0. The number of hydrogen-bond acceptors (Lipinski definition) is 3. The number of alkyl halides is 3. The first-order valence-electron chi connectivity index (χ1n) is 7.87. The van der Waals surface area contributed by atoms with Crippen LogP contribution in [0.5, 0.6) is 0 Å². The van der Waals surface area contributed by atoms with Gasteiger partial charge in [-0.2, -0.15) is 13.2 Å². The van der Waals surface area contributed by atoms with Crippen molar-refractivity contribution >= 4 is 5.91 Å². The molecule has 1 saturated heterocycles. The summed E-state index contributed by atoms with van der Waals surface area (Å²) in [6.45, 7) is 1.54. The highest BCUT2D eigenvalue weighted by atomic mass is 19.4. The van der Waals surface area contributed by atoms with E-state index in [2.05, 4.69) is 10.1 Å². The number of amides is 1. The van der Waals surface area contributed by atoms with Crippen LogP contribution in [0.25, 0.3) is 0 Å². The van der Waals surface area contributed by atoms with Crippen molar-refractivity contribution in [1.29, 1.82) is 0 Å². The molecule has 0 radical (unpaired) electrons. The molecule has 1 amide bonds. The Morgan fingerprint density at radius 2 is 1.96 bits per heavy atom. The minimum atomic E-state index is -4.43. The Morgan fingerprint density at radius 1 is 1.29 bits per heavy atom. The van der Waals surface area contributed by atoms with E-state index in [0.29, 0.717) is 19.8 Å². The van der Waals surface area contributed by atoms with E-state index in [1.165, 1.54) is 0 Å². The van der Waals surface area contributed by atoms with Gasteiger partial charge in [0, 0.05) is 25.2 Å². The zero-order valence-electron chi connectivity index (χ0n) is 13.6. The average molecular weight is 345 g/mol. The molecule has 1 aromatic carbocycles. The molecule has 134 valence electrons. The zero-order valence-corrected chi connectivity index (χ0v) is 13.6. The van der Waals surface area contributed by atoms with Gasteiger partial charge >= 0.3 is 6.18 Å². The van der Waals surface area contributed by atoms with Gasteiger partial charge in [-0.3, -0.25) is 4.79 Å². The predicted octanol–water partition coefficient (Wildman–Crippen LogP) is 2.74. The summed E-state index contributed by atoms with van der Waals surface area (Å²) < 4.78 is 45.9. The predicted molar refractivity (Wildman–Crippen MR) is 82.8 cm³/mol. The number of halogens is 3. The molecule has 4 nitrogen and oxygen atoms in total. The molecule has 0 spiro atoms. The van der Waals surface area contributed by atoms with Crippen LogP contribution in [-0.4, -0.2) is 45.1 Å². The Labute approximate surface area is 139 Å². The van der Waals surface area contributed by atoms with Crippen molar-refractivity contribution in [3.8, 4) is 0 Å². The third kappa shape index (κ3) is 5.21. The molecule has 0 atom stereocenters. The maximum absolute atomic E-state index is 12.0. The molecule has 1 fully saturated rings. The summed E-state index contributed by atoms with van der Waals surface area (Å²) in [6, 6.07) is 7.96. The summed E-state index contributed by atoms with van der Waals surface area (Å²) in [6.07, 6.45) is -2.92. The number of rotatable bonds is 6. The first kappa shape index (κ1) is 18.7. The first-order valence-corrected chi connectivity index (χ1v) is 7.87. The van der Waals surface area contributed by atoms with Crippen molar-refractivity contribution in [2.45, 2.75) is 31.4 Å². The Kier molecular flexibility index (Phi) is 6.23. The summed E-state index contributed by atoms with van der Waals surface area (Å²) in [4.78, 5) is 11.8. The van der Waals surface area contributed by atoms with Crippen LogP contribution in [-0.2, 0) is 19.7 Å². The Morgan fingerprint density at radius 3 is 2.58 bits per heavy atom. The van der Waals surface area contributed by atoms with Crippen LogP contribution in [0.4, 0.5) is 13.2 Å². The van der Waals surface area contributed by atoms with Crippen LogP contribution in [0.3, 0.4) is 0 Å². The van der Waals surface area contributed by atoms with E-state index in [9.17, 15) is 18.0 Å². The molecule has 2 rings (SSSR count). The molecule has 1 aliphatic rings. The van der Waals surface area contributed by atoms with E-state index < -0.39 is 25.3 Å². The fourth-order valence-corrected chi connectivity index (χ4v) is 3.05. The summed E-state index contributed by atoms with van der Waals surface area (Å²) >= 11 is 0. The molecular weight excluding hydrogens is 323 g/mol. The summed E-state index contributed by atoms with van der Waals surface area (Å²) in [5.41, 5.74) is 2.01. The number of hydrogen-bond donors (Lipinski definition) is 1. The highest BCUT2D eigenvalue weighted by molar-refractivity contribution is 5.77. The zero-order chi connectivity index (χ0) is 17.6. The summed E-state index contributed by atoms with van der Waals surface area (Å²) in [5.74, 6) is -0.543. The highest BCUT2D eigenvalue weighted by Crippen LogP contribution is 2.36. The van der Waals surface area contributed by atoms with Crippen LogP contribution in [0.2, 0.25) is 0 Å². The van der Waals surface area contributed by atoms with Crippen molar-refractivity contribution in [2.75, 3.05) is 33.0 Å². The first-order chi connectivity index (χ1) is 11.3. The van der Waals surface area contributed by atoms with E-state index in [4.69, 9.17) is 4.74 Å². The molecule has 0 bridgehead atoms. The van der Waals surface area contributed by atoms with Gasteiger partial charge in [0.25, 0.3) is 0 Å². The normalized spacial score (nSPS) is 17.5. The topological polar surface area (TPSA) is 47.6 Å². The van der Waals surface area contributed by atoms with E-state index in [1.54, 1.807) is 0 Å². The Hall–Kier alpha value is -1.60. The van der Waals surface area contributed by atoms with Crippen LogP contribution in [0.15, 0.2) is 24.3 Å². The average Bonchev–Trinajstić information content (AvgIpc) is 2.53. The third-order valence-electron chi connectivity index (χ3n) is 4.29. The van der Waals surface area contributed by atoms with Crippen molar-refractivity contribution in [3.05, 3.63) is 35.4 Å². The van der Waals surface area contributed by atoms with Gasteiger partial charge in [-0.05, 0) is 30.9 Å². The van der Waals surface area contributed by atoms with Crippen LogP contribution in [0, 0.1) is 6.92 Å². The van der Waals surface area contributed by atoms with Gasteiger partial charge in [0.15, 0.2) is 0 Å². The lowest BCUT2D eigenvalue weighted by Crippen LogP contribution is -2.46. The number of benzene rings is 1. The van der Waals surface area contributed by atoms with Gasteiger partial charge in [-0.15, -0.1) is 0 Å². The molecule has 0 aromatic heterocycles. The monoisotopic (exact) mass is 345 g/mol. The molecule has 0 saturated carbocycles. The maximum atomic E-state index is 12.0. The quantitative estimate of drug-likeness (QED) is 0.862. The van der Waals surface area contributed by atoms with E-state index in [0.717, 1.165) is 24.0 Å². The van der Waals surface area contributed by atoms with Crippen molar-refractivity contribution < 1.29 is 27.4 Å². The second kappa shape index (κ2) is 7.98. The lowest BCUT2D eigenvalue weighted by molar-refractivity contribution is -0.175. The van der Waals surface area contributed by atoms with Gasteiger partial charge in [-0.1, -0.05) is 24.3 Å². The van der Waals surface area contributed by atoms with Gasteiger partial charge in [0.05, 0.1) is 0 Å². The van der Waals surface area contributed by atoms with E-state index in [1.807, 2.05) is 31.2 Å². The summed E-state index contributed by atoms with van der Waals surface area (Å²) in [5, 5.41) is 2.72. The number of ether oxygens (including phenoxy) is 2. The van der Waals surface area contributed by atoms with Crippen molar-refractivity contribution in [1.82, 2.24) is 5.32 Å². The molecule has 1 aliphatic heterocycles. The minimum absolute atomic E-state index is 0.261. The van der Waals surface area contributed by atoms with Gasteiger partial charge < -0.3 is 14.8 Å². The largest absolute Gasteiger partial charge is 0.411 e. The van der Waals surface area contributed by atoms with Crippen molar-refractivity contribution in [3.63, 3.8) is 0 Å². The number of aryl methyl sites for hydroxylation is 1. The van der Waals surface area contributed by atoms with E-state index >= 15 is 0 Å². The Balaban J connectivity index is 1.97. The van der Waals surface area contributed by atoms with Crippen LogP contribution in [0.1, 0.15) is 24.0 Å². The van der Waals surface area contributed by atoms with Crippen molar-refractivity contribution in [2.24, 2.45) is 0 Å². The molecule has 0 unspecified atom stereocenters. The fourth-order valence-electron chi connectivity index (χ4n) is 3.05. The van der Waals surface area contributed by atoms with E-state index in [-0.39, 0.29) is 5.41 Å². The van der Waals surface area contributed by atoms with Crippen LogP contribution < -0.4 is 5.32 Å². The lowest BCUT2D eigenvalue weighted by atomic mass is 9.72. The SMILES string of the molecule is Cc1ccccc1C1(CNC(=O)COCC(F)(F)F)CCOCC1. The minimum Gasteiger partial charge on any atom is -0.381 e. The second-order valence-corrected chi connectivity index (χ2v) is 6.09. The van der Waals surface area contributed by atoms with Crippen LogP contribution >= 0.6 is 0 Å². The fraction of sp³-hybridized carbons (Fsp3) is 0.588. The number of nitrogens with one attached hydrogen (secondary N) is 1. The molecule has 24 heavy (non-hydrogen) atoms. The third-order valence-corrected chi connectivity index (χ3v) is 4.29. The standard InChI is InChI=1S/C17H22F3NO3/c1-13-4-2-3-5-14(13)16(6-8-23-9-7-16)11-21-15(22)10-24-12-17(18,19)20/h2-5H,6-12H2,1H3,(H,21,22). The van der Waals surface area contributed by atoms with Gasteiger partial charge in [0.1, 0.15) is 13.2 Å². The van der Waals surface area contributed by atoms with Gasteiger partial charge in [0.2, 0.25) is 5.91 Å². The molecular formula is C17H22F3NO3. The molecule has 1 aromatic rings. The molecule has 7 heteroatoms. The Bertz CT molecular complexity index is 554. The molecule has 0 aliphatic carbocycles. The molecule has 1 heterocycles. The highest BCUT2D eigenvalue weighted by Gasteiger charge is 2.36. The second-order valence-electron chi connectivity index (χ2n) is 6.09. The lowest BCUT2D eigenvalue weighted by Gasteiger charge is -2.39. The number of carbonyl (C=O) groups excluding carboxylic acids is 1. The molecule has 1 N–H and O–H groups in total.